The van der Waals surface area contributed by atoms with Crippen molar-refractivity contribution in [1.82, 2.24) is 5.32 Å². The minimum absolute atomic E-state index is 0. The lowest BCUT2D eigenvalue weighted by Crippen LogP contribution is -2.63. The molecule has 0 radical (unpaired) electrons. The first-order valence-electron chi connectivity index (χ1n) is 9.65. The Morgan fingerprint density at radius 2 is 1.32 bits per heavy atom. The van der Waals surface area contributed by atoms with E-state index in [1.807, 2.05) is 0 Å². The number of nitrogens with one attached hydrogen (secondary N) is 1. The lowest BCUT2D eigenvalue weighted by atomic mass is 9.97. The molecule has 1 aliphatic heterocycles. The fraction of sp³-hybridized carbons (Fsp3) is 1.00. The minimum Gasteiger partial charge on any atom is -0.394 e. The van der Waals surface area contributed by atoms with Gasteiger partial charge in [-0.05, 0) is 13.0 Å². The van der Waals surface area contributed by atoms with Gasteiger partial charge in [-0.25, -0.2) is 0 Å². The van der Waals surface area contributed by atoms with Crippen molar-refractivity contribution in [2.24, 2.45) is 0 Å². The topological polar surface area (TPSA) is 102 Å². The number of aliphatic hydroxyl groups is 4. The molecule has 1 saturated heterocycles. The molecule has 0 aromatic rings. The Morgan fingerprint density at radius 3 is 1.84 bits per heavy atom. The molecular formula is C18H38ClNO5. The molecule has 5 atom stereocenters. The van der Waals surface area contributed by atoms with Crippen molar-refractivity contribution in [3.05, 3.63) is 0 Å². The van der Waals surface area contributed by atoms with Crippen LogP contribution >= 0.6 is 12.4 Å². The number of hydrogen-bond acceptors (Lipinski definition) is 6. The number of rotatable bonds is 13. The van der Waals surface area contributed by atoms with E-state index in [1.165, 1.54) is 51.4 Å². The summed E-state index contributed by atoms with van der Waals surface area (Å²) in [7, 11) is 0. The molecule has 0 aromatic heterocycles. The van der Waals surface area contributed by atoms with E-state index in [2.05, 4.69) is 12.2 Å². The summed E-state index contributed by atoms with van der Waals surface area (Å²) in [5, 5.41) is 41.8. The molecule has 1 fully saturated rings. The van der Waals surface area contributed by atoms with Gasteiger partial charge in [0.1, 0.15) is 18.3 Å². The number of unbranched alkanes of at least 4 members (excludes halogenated alkanes) is 9. The first-order valence-corrected chi connectivity index (χ1v) is 9.65. The Hall–Kier alpha value is 0.0500. The molecule has 1 unspecified atom stereocenters. The molecule has 152 valence electrons. The first-order chi connectivity index (χ1) is 11.6. The molecular weight excluding hydrogens is 346 g/mol. The molecule has 6 nitrogen and oxygen atoms in total. The lowest BCUT2D eigenvalue weighted by molar-refractivity contribution is -0.254. The van der Waals surface area contributed by atoms with Gasteiger partial charge >= 0.3 is 0 Å². The van der Waals surface area contributed by atoms with Crippen LogP contribution in [0.3, 0.4) is 0 Å². The summed E-state index contributed by atoms with van der Waals surface area (Å²) in [5.41, 5.74) is 0. The van der Waals surface area contributed by atoms with Gasteiger partial charge in [0.2, 0.25) is 0 Å². The van der Waals surface area contributed by atoms with Crippen LogP contribution in [0.2, 0.25) is 0 Å². The van der Waals surface area contributed by atoms with Crippen LogP contribution in [0.1, 0.15) is 71.1 Å². The third kappa shape index (κ3) is 9.52. The molecule has 1 aliphatic rings. The molecule has 0 bridgehead atoms. The van der Waals surface area contributed by atoms with Crippen molar-refractivity contribution < 1.29 is 25.2 Å². The van der Waals surface area contributed by atoms with E-state index < -0.39 is 37.3 Å². The molecule has 5 N–H and O–H groups in total. The second kappa shape index (κ2) is 15.1. The fourth-order valence-corrected chi connectivity index (χ4v) is 3.20. The van der Waals surface area contributed by atoms with Gasteiger partial charge in [0, 0.05) is 0 Å². The molecule has 0 saturated carbocycles. The van der Waals surface area contributed by atoms with Crippen molar-refractivity contribution in [2.45, 2.75) is 102 Å². The summed E-state index contributed by atoms with van der Waals surface area (Å²) in [6.45, 7) is 2.47. The number of hydrogen-bond donors (Lipinski definition) is 5. The standard InChI is InChI=1S/C18H37NO5.ClH/c1-2-3-4-5-6-7-8-9-10-11-12-19-15-17(22)16(21)14(13-20)24-18(15)23;/h14-23H,2-13H2,1H3;1H/t14-,15-,16-,17-,18?;/m1./s1. The van der Waals surface area contributed by atoms with Crippen molar-refractivity contribution in [2.75, 3.05) is 13.2 Å². The number of ether oxygens (including phenoxy) is 1. The van der Waals surface area contributed by atoms with Crippen molar-refractivity contribution >= 4 is 12.4 Å². The van der Waals surface area contributed by atoms with Crippen molar-refractivity contribution in [3.8, 4) is 0 Å². The van der Waals surface area contributed by atoms with Gasteiger partial charge in [-0.15, -0.1) is 12.4 Å². The maximum absolute atomic E-state index is 10.0. The average Bonchev–Trinajstić information content (AvgIpc) is 2.58. The molecule has 1 heterocycles. The second-order valence-electron chi connectivity index (χ2n) is 6.89. The van der Waals surface area contributed by atoms with E-state index in [0.717, 1.165) is 12.8 Å². The van der Waals surface area contributed by atoms with Gasteiger partial charge in [-0.1, -0.05) is 64.7 Å². The SMILES string of the molecule is CCCCCCCCCCCCN[C@H]1C(O)O[C@H](CO)[C@@H](O)[C@@H]1O.Cl. The monoisotopic (exact) mass is 383 g/mol. The normalized spacial score (nSPS) is 29.4. The van der Waals surface area contributed by atoms with Crippen LogP contribution in [-0.2, 0) is 4.74 Å². The largest absolute Gasteiger partial charge is 0.394 e. The van der Waals surface area contributed by atoms with Gasteiger partial charge in [0.15, 0.2) is 6.29 Å². The molecule has 1 rings (SSSR count). The summed E-state index contributed by atoms with van der Waals surface area (Å²) in [6.07, 6.45) is 8.04. The van der Waals surface area contributed by atoms with Gasteiger partial charge in [-0.3, -0.25) is 0 Å². The van der Waals surface area contributed by atoms with Crippen LogP contribution in [0.15, 0.2) is 0 Å². The zero-order valence-corrected chi connectivity index (χ0v) is 16.3. The minimum atomic E-state index is -1.22. The van der Waals surface area contributed by atoms with E-state index in [4.69, 9.17) is 9.84 Å². The van der Waals surface area contributed by atoms with E-state index in [0.29, 0.717) is 6.54 Å². The van der Waals surface area contributed by atoms with E-state index in [-0.39, 0.29) is 12.4 Å². The Balaban J connectivity index is 0.00000576. The quantitative estimate of drug-likeness (QED) is 0.310. The van der Waals surface area contributed by atoms with Crippen LogP contribution in [0.5, 0.6) is 0 Å². The summed E-state index contributed by atoms with van der Waals surface area (Å²) in [5.74, 6) is 0. The van der Waals surface area contributed by atoms with Gasteiger partial charge < -0.3 is 30.5 Å². The predicted molar refractivity (Wildman–Crippen MR) is 101 cm³/mol. The van der Waals surface area contributed by atoms with E-state index in [9.17, 15) is 15.3 Å². The smallest absolute Gasteiger partial charge is 0.173 e. The fourth-order valence-electron chi connectivity index (χ4n) is 3.20. The van der Waals surface area contributed by atoms with Crippen LogP contribution in [0, 0.1) is 0 Å². The molecule has 0 aliphatic carbocycles. The zero-order chi connectivity index (χ0) is 17.8. The van der Waals surface area contributed by atoms with Crippen LogP contribution < -0.4 is 5.32 Å². The molecule has 0 amide bonds. The maximum Gasteiger partial charge on any atom is 0.173 e. The van der Waals surface area contributed by atoms with Crippen LogP contribution in [0.4, 0.5) is 0 Å². The summed E-state index contributed by atoms with van der Waals surface area (Å²) >= 11 is 0. The molecule has 0 spiro atoms. The highest BCUT2D eigenvalue weighted by Crippen LogP contribution is 2.19. The number of halogens is 1. The first kappa shape index (κ1) is 25.1. The van der Waals surface area contributed by atoms with Crippen LogP contribution in [-0.4, -0.2) is 64.2 Å². The summed E-state index contributed by atoms with van der Waals surface area (Å²) < 4.78 is 5.11. The zero-order valence-electron chi connectivity index (χ0n) is 15.5. The van der Waals surface area contributed by atoms with Crippen LogP contribution in [0.25, 0.3) is 0 Å². The lowest BCUT2D eigenvalue weighted by Gasteiger charge is -2.40. The molecule has 0 aromatic carbocycles. The summed E-state index contributed by atoms with van der Waals surface area (Å²) in [4.78, 5) is 0. The highest BCUT2D eigenvalue weighted by molar-refractivity contribution is 5.85. The van der Waals surface area contributed by atoms with Gasteiger partial charge in [0.05, 0.1) is 12.6 Å². The predicted octanol–water partition coefficient (Wildman–Crippen LogP) is 1.72. The average molecular weight is 384 g/mol. The Labute approximate surface area is 158 Å². The molecule has 7 heteroatoms. The Bertz CT molecular complexity index is 311. The Kier molecular flexibility index (Phi) is 15.2. The van der Waals surface area contributed by atoms with Gasteiger partial charge in [0.25, 0.3) is 0 Å². The Morgan fingerprint density at radius 1 is 0.800 bits per heavy atom. The third-order valence-electron chi connectivity index (χ3n) is 4.81. The summed E-state index contributed by atoms with van der Waals surface area (Å²) in [6, 6.07) is -0.721. The highest BCUT2D eigenvalue weighted by atomic mass is 35.5. The second-order valence-corrected chi connectivity index (χ2v) is 6.89. The van der Waals surface area contributed by atoms with Crippen molar-refractivity contribution in [1.29, 1.82) is 0 Å². The third-order valence-corrected chi connectivity index (χ3v) is 4.81. The highest BCUT2D eigenvalue weighted by Gasteiger charge is 2.43. The number of aliphatic hydroxyl groups excluding tert-OH is 4. The van der Waals surface area contributed by atoms with E-state index >= 15 is 0 Å². The van der Waals surface area contributed by atoms with Gasteiger partial charge in [-0.2, -0.15) is 0 Å². The maximum atomic E-state index is 10.0. The molecule has 25 heavy (non-hydrogen) atoms. The van der Waals surface area contributed by atoms with Crippen molar-refractivity contribution in [3.63, 3.8) is 0 Å². The van der Waals surface area contributed by atoms with E-state index in [1.54, 1.807) is 0 Å².